The number of esters is 1. The fraction of sp³-hybridized carbons (Fsp3) is 0.438. The van der Waals surface area contributed by atoms with Crippen LogP contribution in [0.5, 0.6) is 0 Å². The summed E-state index contributed by atoms with van der Waals surface area (Å²) in [6.45, 7) is 2.56. The molecule has 0 radical (unpaired) electrons. The van der Waals surface area contributed by atoms with Gasteiger partial charge in [-0.1, -0.05) is 6.07 Å². The predicted octanol–water partition coefficient (Wildman–Crippen LogP) is 0.111. The molecular weight excluding hydrogens is 298 g/mol. The monoisotopic (exact) mass is 317 g/mol. The van der Waals surface area contributed by atoms with E-state index in [9.17, 15) is 14.7 Å². The van der Waals surface area contributed by atoms with Crippen LogP contribution in [-0.4, -0.2) is 51.2 Å². The van der Waals surface area contributed by atoms with Crippen molar-refractivity contribution in [1.82, 2.24) is 14.3 Å². The van der Waals surface area contributed by atoms with E-state index in [0.29, 0.717) is 30.9 Å². The molecule has 1 saturated heterocycles. The topological polar surface area (TPSA) is 84.1 Å². The molecule has 0 unspecified atom stereocenters. The number of hydrogen-bond donors (Lipinski definition) is 1. The molecule has 3 heterocycles. The summed E-state index contributed by atoms with van der Waals surface area (Å²) in [6, 6.07) is 4.65. The summed E-state index contributed by atoms with van der Waals surface area (Å²) in [5, 5.41) is 9.83. The number of aliphatic hydroxyl groups is 1. The van der Waals surface area contributed by atoms with Crippen LogP contribution in [0.3, 0.4) is 0 Å². The molecule has 0 bridgehead atoms. The molecule has 2 atom stereocenters. The average Bonchev–Trinajstić information content (AvgIpc) is 2.88. The molecule has 0 aliphatic carbocycles. The Bertz CT molecular complexity index is 802. The summed E-state index contributed by atoms with van der Waals surface area (Å²) in [6.07, 6.45) is 1.43. The number of pyridine rings is 1. The first-order valence-corrected chi connectivity index (χ1v) is 7.47. The first-order chi connectivity index (χ1) is 11.0. The minimum Gasteiger partial charge on any atom is -0.468 e. The van der Waals surface area contributed by atoms with Gasteiger partial charge in [0.25, 0.3) is 5.56 Å². The summed E-state index contributed by atoms with van der Waals surface area (Å²) in [5.41, 5.74) is 1.91. The number of carbonyl (C=O) groups is 1. The van der Waals surface area contributed by atoms with Crippen LogP contribution in [0.1, 0.15) is 17.7 Å². The van der Waals surface area contributed by atoms with E-state index in [1.807, 2.05) is 13.0 Å². The summed E-state index contributed by atoms with van der Waals surface area (Å²) in [7, 11) is 1.33. The number of carbonyl (C=O) groups excluding carboxylic acids is 1. The zero-order chi connectivity index (χ0) is 16.6. The van der Waals surface area contributed by atoms with Gasteiger partial charge in [-0.15, -0.1) is 0 Å². The molecule has 2 aromatic rings. The lowest BCUT2D eigenvalue weighted by Gasteiger charge is -2.21. The standard InChI is InChI=1S/C16H19N3O4/c1-10-4-3-5-19-14(21)6-11(17-15(10)19)8-18-9-12(20)7-13(18)16(22)23-2/h3-6,12-13,20H,7-9H2,1-2H3/t12-,13+/m0/s1. The molecule has 1 aliphatic rings. The number of aromatic nitrogens is 2. The summed E-state index contributed by atoms with van der Waals surface area (Å²) >= 11 is 0. The second kappa shape index (κ2) is 6.10. The molecule has 23 heavy (non-hydrogen) atoms. The van der Waals surface area contributed by atoms with E-state index in [0.717, 1.165) is 5.56 Å². The van der Waals surface area contributed by atoms with Crippen molar-refractivity contribution < 1.29 is 14.6 Å². The van der Waals surface area contributed by atoms with Crippen molar-refractivity contribution in [3.8, 4) is 0 Å². The normalized spacial score (nSPS) is 21.7. The zero-order valence-corrected chi connectivity index (χ0v) is 13.1. The Balaban J connectivity index is 1.93. The number of β-amino-alcohol motifs (C(OH)–C–C–N with tert-alkyl or cyclic N) is 1. The Morgan fingerprint density at radius 1 is 1.52 bits per heavy atom. The van der Waals surface area contributed by atoms with Crippen LogP contribution in [0.15, 0.2) is 29.2 Å². The van der Waals surface area contributed by atoms with Gasteiger partial charge in [0.05, 0.1) is 18.9 Å². The lowest BCUT2D eigenvalue weighted by Crippen LogP contribution is -2.37. The van der Waals surface area contributed by atoms with Crippen LogP contribution >= 0.6 is 0 Å². The molecule has 1 N–H and O–H groups in total. The molecule has 2 aromatic heterocycles. The van der Waals surface area contributed by atoms with Gasteiger partial charge in [0, 0.05) is 31.8 Å². The molecule has 0 spiro atoms. The van der Waals surface area contributed by atoms with E-state index >= 15 is 0 Å². The van der Waals surface area contributed by atoms with E-state index in [-0.39, 0.29) is 11.5 Å². The van der Waals surface area contributed by atoms with Crippen LogP contribution in [0.2, 0.25) is 0 Å². The Labute approximate surface area is 133 Å². The highest BCUT2D eigenvalue weighted by atomic mass is 16.5. The zero-order valence-electron chi connectivity index (χ0n) is 13.1. The smallest absolute Gasteiger partial charge is 0.323 e. The maximum absolute atomic E-state index is 12.2. The maximum Gasteiger partial charge on any atom is 0.323 e. The van der Waals surface area contributed by atoms with Crippen molar-refractivity contribution in [2.45, 2.75) is 32.0 Å². The number of rotatable bonds is 3. The van der Waals surface area contributed by atoms with E-state index in [1.54, 1.807) is 17.2 Å². The van der Waals surface area contributed by atoms with Crippen molar-refractivity contribution >= 4 is 11.6 Å². The number of aryl methyl sites for hydroxylation is 1. The summed E-state index contributed by atoms with van der Waals surface area (Å²) < 4.78 is 6.28. The van der Waals surface area contributed by atoms with Gasteiger partial charge in [-0.3, -0.25) is 18.9 Å². The van der Waals surface area contributed by atoms with Crippen molar-refractivity contribution in [1.29, 1.82) is 0 Å². The molecule has 3 rings (SSSR count). The molecule has 1 aliphatic heterocycles. The molecule has 7 heteroatoms. The first-order valence-electron chi connectivity index (χ1n) is 7.47. The highest BCUT2D eigenvalue weighted by Gasteiger charge is 2.36. The van der Waals surface area contributed by atoms with E-state index in [4.69, 9.17) is 4.74 Å². The lowest BCUT2D eigenvalue weighted by molar-refractivity contribution is -0.146. The largest absolute Gasteiger partial charge is 0.468 e. The quantitative estimate of drug-likeness (QED) is 0.809. The van der Waals surface area contributed by atoms with Gasteiger partial charge in [0.2, 0.25) is 0 Å². The third-order valence-corrected chi connectivity index (χ3v) is 4.16. The van der Waals surface area contributed by atoms with Crippen molar-refractivity contribution in [2.24, 2.45) is 0 Å². The van der Waals surface area contributed by atoms with Crippen molar-refractivity contribution in [3.05, 3.63) is 46.0 Å². The summed E-state index contributed by atoms with van der Waals surface area (Å²) in [4.78, 5) is 30.4. The Kier molecular flexibility index (Phi) is 4.14. The molecule has 0 saturated carbocycles. The van der Waals surface area contributed by atoms with Crippen LogP contribution in [0.4, 0.5) is 0 Å². The third kappa shape index (κ3) is 2.97. The van der Waals surface area contributed by atoms with Gasteiger partial charge >= 0.3 is 5.97 Å². The number of fused-ring (bicyclic) bond motifs is 1. The number of hydrogen-bond acceptors (Lipinski definition) is 6. The van der Waals surface area contributed by atoms with Crippen LogP contribution in [0.25, 0.3) is 5.65 Å². The number of nitrogens with zero attached hydrogens (tertiary/aromatic N) is 3. The van der Waals surface area contributed by atoms with Crippen molar-refractivity contribution in [3.63, 3.8) is 0 Å². The van der Waals surface area contributed by atoms with Gasteiger partial charge in [0.15, 0.2) is 0 Å². The molecule has 122 valence electrons. The van der Waals surface area contributed by atoms with E-state index in [2.05, 4.69) is 4.98 Å². The van der Waals surface area contributed by atoms with Crippen LogP contribution < -0.4 is 5.56 Å². The third-order valence-electron chi connectivity index (χ3n) is 4.16. The Morgan fingerprint density at radius 2 is 2.30 bits per heavy atom. The average molecular weight is 317 g/mol. The molecule has 0 amide bonds. The molecule has 0 aromatic carbocycles. The Hall–Kier alpha value is -2.25. The van der Waals surface area contributed by atoms with E-state index < -0.39 is 12.1 Å². The fourth-order valence-electron chi connectivity index (χ4n) is 3.03. The first kappa shape index (κ1) is 15.6. The molecule has 1 fully saturated rings. The SMILES string of the molecule is COC(=O)[C@H]1C[C@H](O)CN1Cc1cc(=O)n2cccc(C)c2n1. The van der Waals surface area contributed by atoms with Gasteiger partial charge in [-0.25, -0.2) is 4.98 Å². The number of methoxy groups -OCH3 is 1. The second-order valence-electron chi connectivity index (χ2n) is 5.83. The van der Waals surface area contributed by atoms with Gasteiger partial charge in [0.1, 0.15) is 11.7 Å². The maximum atomic E-state index is 12.2. The highest BCUT2D eigenvalue weighted by molar-refractivity contribution is 5.76. The Morgan fingerprint density at radius 3 is 3.04 bits per heavy atom. The lowest BCUT2D eigenvalue weighted by atomic mass is 10.2. The minimum absolute atomic E-state index is 0.164. The molecule has 7 nitrogen and oxygen atoms in total. The molecular formula is C16H19N3O4. The fourth-order valence-corrected chi connectivity index (χ4v) is 3.03. The number of aliphatic hydroxyl groups excluding tert-OH is 1. The van der Waals surface area contributed by atoms with Crippen molar-refractivity contribution in [2.75, 3.05) is 13.7 Å². The summed E-state index contributed by atoms with van der Waals surface area (Å²) in [5.74, 6) is -0.379. The van der Waals surface area contributed by atoms with Crippen LogP contribution in [0, 0.1) is 6.92 Å². The van der Waals surface area contributed by atoms with Crippen LogP contribution in [-0.2, 0) is 16.1 Å². The predicted molar refractivity (Wildman–Crippen MR) is 83.0 cm³/mol. The van der Waals surface area contributed by atoms with Gasteiger partial charge < -0.3 is 9.84 Å². The van der Waals surface area contributed by atoms with Gasteiger partial charge in [-0.2, -0.15) is 0 Å². The highest BCUT2D eigenvalue weighted by Crippen LogP contribution is 2.21. The van der Waals surface area contributed by atoms with Gasteiger partial charge in [-0.05, 0) is 18.6 Å². The minimum atomic E-state index is -0.581. The van der Waals surface area contributed by atoms with E-state index in [1.165, 1.54) is 17.6 Å². The number of likely N-dealkylation sites (tertiary alicyclic amines) is 1. The number of ether oxygens (including phenoxy) is 1. The second-order valence-corrected chi connectivity index (χ2v) is 5.83.